The Bertz CT molecular complexity index is 1140. The van der Waals surface area contributed by atoms with Gasteiger partial charge in [0.15, 0.2) is 22.7 Å². The molecule has 4 aromatic heterocycles. The van der Waals surface area contributed by atoms with Crippen molar-refractivity contribution in [2.75, 3.05) is 0 Å². The van der Waals surface area contributed by atoms with Gasteiger partial charge >= 0.3 is 11.9 Å². The van der Waals surface area contributed by atoms with Crippen LogP contribution in [0.3, 0.4) is 0 Å². The monoisotopic (exact) mass is 606 g/mol. The summed E-state index contributed by atoms with van der Waals surface area (Å²) in [6, 6.07) is 7.06. The molecule has 4 aromatic rings. The van der Waals surface area contributed by atoms with E-state index in [1.807, 2.05) is 0 Å². The zero-order chi connectivity index (χ0) is 20.6. The topological polar surface area (TPSA) is 135 Å². The van der Waals surface area contributed by atoms with Crippen molar-refractivity contribution in [2.24, 2.45) is 0 Å². The quantitative estimate of drug-likeness (QED) is 0.333. The number of carbonyl (C=O) groups is 2. The lowest BCUT2D eigenvalue weighted by atomic mass is 10.3. The molecule has 0 unspecified atom stereocenters. The Morgan fingerprint density at radius 3 is 1.46 bits per heavy atom. The lowest BCUT2D eigenvalue weighted by Gasteiger charge is -1.94. The van der Waals surface area contributed by atoms with E-state index in [2.05, 4.69) is 65.3 Å². The number of carboxylic acid groups (broad SMARTS) is 2. The van der Waals surface area contributed by atoms with Crippen LogP contribution in [0.1, 0.15) is 32.4 Å². The van der Waals surface area contributed by atoms with Crippen LogP contribution in [0, 0.1) is 21.2 Å². The highest BCUT2D eigenvalue weighted by atomic mass is 127. The Balaban J connectivity index is 0.000000161. The summed E-state index contributed by atoms with van der Waals surface area (Å²) in [6.45, 7) is 3.37. The van der Waals surface area contributed by atoms with Gasteiger partial charge in [0.05, 0.1) is 11.4 Å². The number of carboxylic acids is 2. The fourth-order valence-electron chi connectivity index (χ4n) is 2.45. The molecule has 0 spiro atoms. The van der Waals surface area contributed by atoms with Crippen LogP contribution in [-0.2, 0) is 0 Å². The second kappa shape index (κ2) is 7.94. The van der Waals surface area contributed by atoms with Crippen LogP contribution in [0.2, 0.25) is 0 Å². The molecule has 0 aliphatic carbocycles. The second-order valence-corrected chi connectivity index (χ2v) is 7.76. The van der Waals surface area contributed by atoms with Crippen molar-refractivity contribution in [3.05, 3.63) is 54.4 Å². The van der Waals surface area contributed by atoms with Gasteiger partial charge in [-0.25, -0.2) is 28.6 Å². The summed E-state index contributed by atoms with van der Waals surface area (Å²) in [5.74, 6) is -2.05. The Hall–Kier alpha value is -2.36. The Morgan fingerprint density at radius 1 is 0.786 bits per heavy atom. The Kier molecular flexibility index (Phi) is 5.78. The van der Waals surface area contributed by atoms with Crippen molar-refractivity contribution in [3.8, 4) is 0 Å². The molecule has 0 aliphatic rings. The van der Waals surface area contributed by atoms with E-state index in [9.17, 15) is 9.59 Å². The molecular formula is C16H12I2N6O4. The molecule has 0 radical (unpaired) electrons. The Morgan fingerprint density at radius 2 is 1.14 bits per heavy atom. The molecular weight excluding hydrogens is 594 g/mol. The molecule has 2 N–H and O–H groups in total. The van der Waals surface area contributed by atoms with E-state index in [-0.39, 0.29) is 11.4 Å². The molecule has 0 saturated heterocycles. The molecule has 0 saturated carbocycles. The summed E-state index contributed by atoms with van der Waals surface area (Å²) in [7, 11) is 0. The van der Waals surface area contributed by atoms with Crippen molar-refractivity contribution >= 4 is 68.4 Å². The third kappa shape index (κ3) is 3.91. The van der Waals surface area contributed by atoms with Gasteiger partial charge in [0.25, 0.3) is 0 Å². The van der Waals surface area contributed by atoms with Crippen LogP contribution < -0.4 is 0 Å². The van der Waals surface area contributed by atoms with E-state index < -0.39 is 11.9 Å². The number of hydrogen-bond donors (Lipinski definition) is 2. The standard InChI is InChI=1S/2C8H6IN3O2/c2*1-4-7(8(13)14)10-6-3-2-5(9)11-12(4)6/h2*2-3H,1H3,(H,13,14). The largest absolute Gasteiger partial charge is 0.476 e. The average molecular weight is 606 g/mol. The summed E-state index contributed by atoms with van der Waals surface area (Å²) in [6.07, 6.45) is 0. The fourth-order valence-corrected chi connectivity index (χ4v) is 3.24. The first-order valence-electron chi connectivity index (χ1n) is 7.69. The molecule has 12 heteroatoms. The van der Waals surface area contributed by atoms with Crippen LogP contribution in [0.5, 0.6) is 0 Å². The van der Waals surface area contributed by atoms with E-state index in [1.165, 1.54) is 9.03 Å². The van der Waals surface area contributed by atoms with Crippen molar-refractivity contribution in [2.45, 2.75) is 13.8 Å². The first-order chi connectivity index (χ1) is 13.2. The van der Waals surface area contributed by atoms with Crippen LogP contribution in [0.25, 0.3) is 11.3 Å². The molecule has 4 heterocycles. The molecule has 144 valence electrons. The van der Waals surface area contributed by atoms with E-state index in [1.54, 1.807) is 38.1 Å². The number of aryl methyl sites for hydroxylation is 2. The van der Waals surface area contributed by atoms with Crippen molar-refractivity contribution < 1.29 is 19.8 Å². The van der Waals surface area contributed by atoms with Gasteiger partial charge in [-0.2, -0.15) is 10.2 Å². The van der Waals surface area contributed by atoms with Gasteiger partial charge in [-0.3, -0.25) is 0 Å². The maximum atomic E-state index is 10.8. The van der Waals surface area contributed by atoms with Crippen molar-refractivity contribution in [3.63, 3.8) is 0 Å². The minimum Gasteiger partial charge on any atom is -0.476 e. The fraction of sp³-hybridized carbons (Fsp3) is 0.125. The zero-order valence-corrected chi connectivity index (χ0v) is 18.8. The van der Waals surface area contributed by atoms with Crippen LogP contribution in [0.4, 0.5) is 0 Å². The molecule has 0 fully saturated rings. The highest BCUT2D eigenvalue weighted by Gasteiger charge is 2.16. The number of aromatic carboxylic acids is 2. The molecule has 28 heavy (non-hydrogen) atoms. The number of imidazole rings is 2. The predicted octanol–water partition coefficient (Wildman–Crippen LogP) is 2.68. The maximum absolute atomic E-state index is 10.8. The van der Waals surface area contributed by atoms with Crippen molar-refractivity contribution in [1.82, 2.24) is 29.2 Å². The molecule has 0 amide bonds. The first kappa shape index (κ1) is 20.4. The average Bonchev–Trinajstić information content (AvgIpc) is 3.14. The van der Waals surface area contributed by atoms with Gasteiger partial charge in [-0.15, -0.1) is 0 Å². The highest BCUT2D eigenvalue weighted by molar-refractivity contribution is 14.1. The van der Waals surface area contributed by atoms with E-state index in [4.69, 9.17) is 10.2 Å². The van der Waals surface area contributed by atoms with Crippen LogP contribution in [0.15, 0.2) is 24.3 Å². The van der Waals surface area contributed by atoms with E-state index >= 15 is 0 Å². The van der Waals surface area contributed by atoms with Gasteiger partial charge in [-0.05, 0) is 83.3 Å². The molecule has 0 aliphatic heterocycles. The van der Waals surface area contributed by atoms with Crippen molar-refractivity contribution in [1.29, 1.82) is 0 Å². The summed E-state index contributed by atoms with van der Waals surface area (Å²) < 4.78 is 4.66. The number of fused-ring (bicyclic) bond motifs is 2. The summed E-state index contributed by atoms with van der Waals surface area (Å²) in [5, 5.41) is 26.0. The van der Waals surface area contributed by atoms with Gasteiger partial charge in [0.2, 0.25) is 0 Å². The number of hydrogen-bond acceptors (Lipinski definition) is 6. The minimum absolute atomic E-state index is 0.0551. The SMILES string of the molecule is Cc1c(C(=O)O)nc2ccc(I)nn12.Cc1c(C(=O)O)nc2ccc(I)nn12. The normalized spacial score (nSPS) is 10.7. The molecule has 10 nitrogen and oxygen atoms in total. The molecule has 0 bridgehead atoms. The predicted molar refractivity (Wildman–Crippen MR) is 115 cm³/mol. The summed E-state index contributed by atoms with van der Waals surface area (Å²) in [5.41, 5.74) is 2.32. The number of rotatable bonds is 2. The van der Waals surface area contributed by atoms with Crippen LogP contribution >= 0.6 is 45.2 Å². The molecule has 0 atom stereocenters. The third-order valence-electron chi connectivity index (χ3n) is 3.74. The number of nitrogens with zero attached hydrogens (tertiary/aromatic N) is 6. The van der Waals surface area contributed by atoms with Gasteiger partial charge < -0.3 is 10.2 Å². The highest BCUT2D eigenvalue weighted by Crippen LogP contribution is 2.12. The van der Waals surface area contributed by atoms with Gasteiger partial charge in [0.1, 0.15) is 7.40 Å². The number of aromatic nitrogens is 6. The summed E-state index contributed by atoms with van der Waals surface area (Å²) in [4.78, 5) is 29.4. The van der Waals surface area contributed by atoms with Gasteiger partial charge in [-0.1, -0.05) is 0 Å². The lowest BCUT2D eigenvalue weighted by Crippen LogP contribution is -2.01. The van der Waals surface area contributed by atoms with Crippen LogP contribution in [-0.4, -0.2) is 51.3 Å². The Labute approximate surface area is 184 Å². The zero-order valence-electron chi connectivity index (χ0n) is 14.5. The van der Waals surface area contributed by atoms with Gasteiger partial charge in [0, 0.05) is 0 Å². The molecule has 0 aromatic carbocycles. The smallest absolute Gasteiger partial charge is 0.356 e. The number of halogens is 2. The van der Waals surface area contributed by atoms with E-state index in [0.29, 0.717) is 22.7 Å². The maximum Gasteiger partial charge on any atom is 0.356 e. The third-order valence-corrected chi connectivity index (χ3v) is 4.89. The summed E-state index contributed by atoms with van der Waals surface area (Å²) >= 11 is 4.13. The minimum atomic E-state index is -1.02. The first-order valence-corrected chi connectivity index (χ1v) is 9.85. The molecule has 4 rings (SSSR count). The second-order valence-electron chi connectivity index (χ2n) is 5.55. The lowest BCUT2D eigenvalue weighted by molar-refractivity contribution is 0.0679. The van der Waals surface area contributed by atoms with E-state index in [0.717, 1.165) is 7.40 Å².